The Balaban J connectivity index is 1.39. The van der Waals surface area contributed by atoms with Crippen molar-refractivity contribution in [3.63, 3.8) is 0 Å². The fraction of sp³-hybridized carbons (Fsp3) is 0.208. The number of carbonyl (C=O) groups is 2. The zero-order valence-electron chi connectivity index (χ0n) is 17.2. The maximum absolute atomic E-state index is 13.0. The van der Waals surface area contributed by atoms with Gasteiger partial charge in [0.1, 0.15) is 11.8 Å². The van der Waals surface area contributed by atoms with Crippen molar-refractivity contribution in [1.82, 2.24) is 10.3 Å². The van der Waals surface area contributed by atoms with E-state index in [-0.39, 0.29) is 5.91 Å². The Morgan fingerprint density at radius 2 is 1.84 bits per heavy atom. The highest BCUT2D eigenvalue weighted by molar-refractivity contribution is 6.01. The second-order valence-corrected chi connectivity index (χ2v) is 7.30. The minimum absolute atomic E-state index is 0.106. The number of nitrogens with zero attached hydrogens (tertiary/aromatic N) is 2. The molecule has 0 unspecified atom stereocenters. The van der Waals surface area contributed by atoms with Crippen LogP contribution >= 0.6 is 0 Å². The number of benzene rings is 2. The molecule has 2 N–H and O–H groups in total. The standard InChI is InChI=1S/C24H24N4O3/c1-31-21-12-8-19(9-13-21)26-24(30)27-22-5-3-15-28(23(22)29)20-10-6-17(7-11-20)18-4-2-14-25-16-18/h2,4,6-14,16,22H,3,5,15H2,1H3,(H2,26,27,30)/t22-/m1/s1. The molecule has 3 amide bonds. The second kappa shape index (κ2) is 9.30. The molecule has 0 spiro atoms. The lowest BCUT2D eigenvalue weighted by molar-refractivity contribution is -0.121. The number of nitrogens with one attached hydrogen (secondary N) is 2. The van der Waals surface area contributed by atoms with E-state index >= 15 is 0 Å². The predicted molar refractivity (Wildman–Crippen MR) is 120 cm³/mol. The summed E-state index contributed by atoms with van der Waals surface area (Å²) in [7, 11) is 1.59. The molecular weight excluding hydrogens is 392 g/mol. The lowest BCUT2D eigenvalue weighted by Crippen LogP contribution is -2.53. The number of aromatic nitrogens is 1. The Kier molecular flexibility index (Phi) is 6.12. The highest BCUT2D eigenvalue weighted by Crippen LogP contribution is 2.25. The van der Waals surface area contributed by atoms with Gasteiger partial charge < -0.3 is 20.3 Å². The van der Waals surface area contributed by atoms with Gasteiger partial charge in [-0.15, -0.1) is 0 Å². The lowest BCUT2D eigenvalue weighted by Gasteiger charge is -2.32. The highest BCUT2D eigenvalue weighted by Gasteiger charge is 2.30. The summed E-state index contributed by atoms with van der Waals surface area (Å²) in [6.07, 6.45) is 4.97. The van der Waals surface area contributed by atoms with Gasteiger partial charge in [-0.05, 0) is 66.4 Å². The smallest absolute Gasteiger partial charge is 0.319 e. The Labute approximate surface area is 181 Å². The number of ether oxygens (including phenoxy) is 1. The van der Waals surface area contributed by atoms with Crippen molar-refractivity contribution in [2.75, 3.05) is 23.9 Å². The van der Waals surface area contributed by atoms with E-state index in [1.165, 1.54) is 0 Å². The topological polar surface area (TPSA) is 83.6 Å². The summed E-state index contributed by atoms with van der Waals surface area (Å²) in [4.78, 5) is 31.3. The van der Waals surface area contributed by atoms with Crippen LogP contribution in [0.1, 0.15) is 12.8 Å². The molecule has 1 aromatic heterocycles. The molecular formula is C24H24N4O3. The second-order valence-electron chi connectivity index (χ2n) is 7.30. The molecule has 1 saturated heterocycles. The number of hydrogen-bond donors (Lipinski definition) is 2. The molecule has 2 aromatic carbocycles. The normalized spacial score (nSPS) is 16.0. The van der Waals surface area contributed by atoms with Crippen LogP contribution in [0, 0.1) is 0 Å². The number of rotatable bonds is 5. The highest BCUT2D eigenvalue weighted by atomic mass is 16.5. The van der Waals surface area contributed by atoms with E-state index in [1.807, 2.05) is 42.6 Å². The maximum atomic E-state index is 13.0. The van der Waals surface area contributed by atoms with Crippen molar-refractivity contribution >= 4 is 23.3 Å². The first-order valence-corrected chi connectivity index (χ1v) is 10.2. The number of methoxy groups -OCH3 is 1. The van der Waals surface area contributed by atoms with E-state index in [4.69, 9.17) is 4.74 Å². The van der Waals surface area contributed by atoms with Crippen LogP contribution in [0.4, 0.5) is 16.2 Å². The summed E-state index contributed by atoms with van der Waals surface area (Å²) < 4.78 is 5.11. The van der Waals surface area contributed by atoms with E-state index in [0.717, 1.165) is 23.2 Å². The average molecular weight is 416 g/mol. The van der Waals surface area contributed by atoms with Gasteiger partial charge >= 0.3 is 6.03 Å². The predicted octanol–water partition coefficient (Wildman–Crippen LogP) is 4.07. The minimum atomic E-state index is -0.565. The van der Waals surface area contributed by atoms with Crippen molar-refractivity contribution in [3.05, 3.63) is 73.1 Å². The molecule has 158 valence electrons. The Morgan fingerprint density at radius 1 is 1.06 bits per heavy atom. The minimum Gasteiger partial charge on any atom is -0.497 e. The molecule has 31 heavy (non-hydrogen) atoms. The monoisotopic (exact) mass is 416 g/mol. The molecule has 3 aromatic rings. The molecule has 4 rings (SSSR count). The van der Waals surface area contributed by atoms with Crippen LogP contribution in [0.2, 0.25) is 0 Å². The van der Waals surface area contributed by atoms with Crippen molar-refractivity contribution in [1.29, 1.82) is 0 Å². The van der Waals surface area contributed by atoms with E-state index in [1.54, 1.807) is 42.5 Å². The van der Waals surface area contributed by atoms with Crippen LogP contribution in [-0.4, -0.2) is 36.6 Å². The largest absolute Gasteiger partial charge is 0.497 e. The molecule has 1 aliphatic heterocycles. The van der Waals surface area contributed by atoms with E-state index < -0.39 is 12.1 Å². The molecule has 2 heterocycles. The van der Waals surface area contributed by atoms with Crippen LogP contribution in [0.15, 0.2) is 73.1 Å². The van der Waals surface area contributed by atoms with Gasteiger partial charge in [-0.1, -0.05) is 18.2 Å². The first-order chi connectivity index (χ1) is 15.1. The number of pyridine rings is 1. The third kappa shape index (κ3) is 4.83. The molecule has 0 radical (unpaired) electrons. The third-order valence-corrected chi connectivity index (χ3v) is 5.27. The molecule has 1 fully saturated rings. The van der Waals surface area contributed by atoms with Crippen molar-refractivity contribution in [2.45, 2.75) is 18.9 Å². The van der Waals surface area contributed by atoms with Crippen LogP contribution in [0.25, 0.3) is 11.1 Å². The van der Waals surface area contributed by atoms with Gasteiger partial charge in [0.15, 0.2) is 0 Å². The van der Waals surface area contributed by atoms with Gasteiger partial charge in [0.25, 0.3) is 0 Å². The van der Waals surface area contributed by atoms with Crippen molar-refractivity contribution < 1.29 is 14.3 Å². The summed E-state index contributed by atoms with van der Waals surface area (Å²) in [6.45, 7) is 0.628. The summed E-state index contributed by atoms with van der Waals surface area (Å²) in [5.74, 6) is 0.601. The van der Waals surface area contributed by atoms with E-state index in [9.17, 15) is 9.59 Å². The van der Waals surface area contributed by atoms with Gasteiger partial charge in [-0.3, -0.25) is 9.78 Å². The lowest BCUT2D eigenvalue weighted by atomic mass is 10.0. The number of urea groups is 1. The molecule has 7 nitrogen and oxygen atoms in total. The van der Waals surface area contributed by atoms with Crippen LogP contribution in [0.5, 0.6) is 5.75 Å². The van der Waals surface area contributed by atoms with Crippen LogP contribution < -0.4 is 20.3 Å². The zero-order chi connectivity index (χ0) is 21.6. The quantitative estimate of drug-likeness (QED) is 0.657. The summed E-state index contributed by atoms with van der Waals surface area (Å²) in [5.41, 5.74) is 3.51. The maximum Gasteiger partial charge on any atom is 0.319 e. The average Bonchev–Trinajstić information content (AvgIpc) is 2.82. The van der Waals surface area contributed by atoms with E-state index in [2.05, 4.69) is 15.6 Å². The van der Waals surface area contributed by atoms with Gasteiger partial charge in [0, 0.05) is 30.3 Å². The number of hydrogen-bond acceptors (Lipinski definition) is 4. The van der Waals surface area contributed by atoms with Crippen LogP contribution in [0.3, 0.4) is 0 Å². The third-order valence-electron chi connectivity index (χ3n) is 5.27. The first kappa shape index (κ1) is 20.4. The number of piperidine rings is 1. The molecule has 0 aliphatic carbocycles. The number of amides is 3. The fourth-order valence-corrected chi connectivity index (χ4v) is 3.63. The first-order valence-electron chi connectivity index (χ1n) is 10.2. The Hall–Kier alpha value is -3.87. The number of carbonyl (C=O) groups excluding carboxylic acids is 2. The Bertz CT molecular complexity index is 1040. The summed E-state index contributed by atoms with van der Waals surface area (Å²) in [5, 5.41) is 5.56. The fourth-order valence-electron chi connectivity index (χ4n) is 3.63. The van der Waals surface area contributed by atoms with Crippen molar-refractivity contribution in [2.24, 2.45) is 0 Å². The van der Waals surface area contributed by atoms with Gasteiger partial charge in [0.2, 0.25) is 5.91 Å². The summed E-state index contributed by atoms with van der Waals surface area (Å²) >= 11 is 0. The van der Waals surface area contributed by atoms with E-state index in [0.29, 0.717) is 24.4 Å². The molecule has 1 atom stereocenters. The van der Waals surface area contributed by atoms with Gasteiger partial charge in [-0.25, -0.2) is 4.79 Å². The summed E-state index contributed by atoms with van der Waals surface area (Å²) in [6, 6.07) is 17.8. The molecule has 7 heteroatoms. The molecule has 0 saturated carbocycles. The zero-order valence-corrected chi connectivity index (χ0v) is 17.2. The molecule has 1 aliphatic rings. The Morgan fingerprint density at radius 3 is 2.52 bits per heavy atom. The van der Waals surface area contributed by atoms with Gasteiger partial charge in [0.05, 0.1) is 7.11 Å². The van der Waals surface area contributed by atoms with Crippen LogP contribution in [-0.2, 0) is 4.79 Å². The van der Waals surface area contributed by atoms with Crippen molar-refractivity contribution in [3.8, 4) is 16.9 Å². The van der Waals surface area contributed by atoms with Gasteiger partial charge in [-0.2, -0.15) is 0 Å². The number of anilines is 2. The molecule has 0 bridgehead atoms. The SMILES string of the molecule is COc1ccc(NC(=O)N[C@@H]2CCCN(c3ccc(-c4cccnc4)cc3)C2=O)cc1.